The fraction of sp³-hybridized carbons (Fsp3) is 0.688. The smallest absolute Gasteiger partial charge is 0.286 e. The monoisotopic (exact) mass is 278 g/mol. The summed E-state index contributed by atoms with van der Waals surface area (Å²) >= 11 is 0. The summed E-state index contributed by atoms with van der Waals surface area (Å²) in [6, 6.07) is 3.96. The van der Waals surface area contributed by atoms with Crippen LogP contribution in [0.5, 0.6) is 0 Å². The molecule has 1 saturated heterocycles. The Balaban J connectivity index is 1.90. The van der Waals surface area contributed by atoms with Crippen molar-refractivity contribution in [3.05, 3.63) is 24.2 Å². The minimum atomic E-state index is -0.122. The number of likely N-dealkylation sites (tertiary alicyclic amines) is 1. The predicted molar refractivity (Wildman–Crippen MR) is 79.6 cm³/mol. The van der Waals surface area contributed by atoms with Crippen molar-refractivity contribution >= 4 is 5.91 Å². The summed E-state index contributed by atoms with van der Waals surface area (Å²) in [6.45, 7) is 8.83. The second kappa shape index (κ2) is 6.00. The van der Waals surface area contributed by atoms with E-state index in [1.165, 1.54) is 12.7 Å². The highest BCUT2D eigenvalue weighted by Gasteiger charge is 2.41. The van der Waals surface area contributed by atoms with Gasteiger partial charge in [-0.2, -0.15) is 0 Å². The van der Waals surface area contributed by atoms with Crippen LogP contribution in [-0.2, 0) is 0 Å². The summed E-state index contributed by atoms with van der Waals surface area (Å²) in [5.74, 6) is 0.939. The zero-order valence-corrected chi connectivity index (χ0v) is 13.0. The molecule has 1 aromatic heterocycles. The van der Waals surface area contributed by atoms with Crippen LogP contribution in [0.3, 0.4) is 0 Å². The first-order valence-electron chi connectivity index (χ1n) is 7.47. The third kappa shape index (κ3) is 2.90. The van der Waals surface area contributed by atoms with Gasteiger partial charge in [-0.1, -0.05) is 13.8 Å². The Kier molecular flexibility index (Phi) is 4.53. The molecule has 4 nitrogen and oxygen atoms in total. The summed E-state index contributed by atoms with van der Waals surface area (Å²) < 4.78 is 5.10. The molecule has 1 aliphatic heterocycles. The minimum Gasteiger partial charge on any atom is -0.459 e. The van der Waals surface area contributed by atoms with Gasteiger partial charge in [0.15, 0.2) is 5.76 Å². The van der Waals surface area contributed by atoms with Crippen LogP contribution in [0.2, 0.25) is 0 Å². The van der Waals surface area contributed by atoms with E-state index < -0.39 is 0 Å². The van der Waals surface area contributed by atoms with Gasteiger partial charge in [0.05, 0.1) is 6.26 Å². The van der Waals surface area contributed by atoms with Crippen LogP contribution < -0.4 is 5.32 Å². The Morgan fingerprint density at radius 3 is 2.95 bits per heavy atom. The lowest BCUT2D eigenvalue weighted by Gasteiger charge is -2.50. The number of hydrogen-bond acceptors (Lipinski definition) is 3. The highest BCUT2D eigenvalue weighted by atomic mass is 16.3. The third-order valence-corrected chi connectivity index (χ3v) is 5.35. The molecule has 0 spiro atoms. The van der Waals surface area contributed by atoms with E-state index in [4.69, 9.17) is 4.42 Å². The maximum atomic E-state index is 11.9. The fourth-order valence-electron chi connectivity index (χ4n) is 3.23. The summed E-state index contributed by atoms with van der Waals surface area (Å²) in [6.07, 6.45) is 3.74. The molecule has 1 aliphatic rings. The second-order valence-corrected chi connectivity index (χ2v) is 6.34. The van der Waals surface area contributed by atoms with Crippen molar-refractivity contribution in [2.24, 2.45) is 11.3 Å². The van der Waals surface area contributed by atoms with E-state index in [0.717, 1.165) is 13.0 Å². The van der Waals surface area contributed by atoms with Gasteiger partial charge in [0.1, 0.15) is 0 Å². The van der Waals surface area contributed by atoms with E-state index in [9.17, 15) is 4.79 Å². The summed E-state index contributed by atoms with van der Waals surface area (Å²) in [5, 5.41) is 2.96. The molecule has 1 amide bonds. The van der Waals surface area contributed by atoms with Crippen LogP contribution in [0.4, 0.5) is 0 Å². The van der Waals surface area contributed by atoms with E-state index in [1.54, 1.807) is 12.1 Å². The van der Waals surface area contributed by atoms with Crippen molar-refractivity contribution < 1.29 is 9.21 Å². The van der Waals surface area contributed by atoms with Gasteiger partial charge in [0.25, 0.3) is 5.91 Å². The van der Waals surface area contributed by atoms with Gasteiger partial charge in [-0.25, -0.2) is 0 Å². The van der Waals surface area contributed by atoms with Crippen molar-refractivity contribution in [1.82, 2.24) is 10.2 Å². The van der Waals surface area contributed by atoms with Gasteiger partial charge < -0.3 is 14.6 Å². The molecular weight excluding hydrogens is 252 g/mol. The number of nitrogens with zero attached hydrogens (tertiary/aromatic N) is 1. The first kappa shape index (κ1) is 15.1. The van der Waals surface area contributed by atoms with Gasteiger partial charge in [0.2, 0.25) is 0 Å². The van der Waals surface area contributed by atoms with Gasteiger partial charge in [-0.3, -0.25) is 4.79 Å². The van der Waals surface area contributed by atoms with Crippen LogP contribution >= 0.6 is 0 Å². The average molecular weight is 278 g/mol. The number of hydrogen-bond donors (Lipinski definition) is 1. The average Bonchev–Trinajstić information content (AvgIpc) is 2.95. The van der Waals surface area contributed by atoms with E-state index in [2.05, 4.69) is 38.0 Å². The Morgan fingerprint density at radius 1 is 1.55 bits per heavy atom. The molecule has 3 atom stereocenters. The quantitative estimate of drug-likeness (QED) is 0.921. The largest absolute Gasteiger partial charge is 0.459 e. The lowest BCUT2D eigenvalue weighted by molar-refractivity contribution is 0.00109. The molecule has 1 aromatic rings. The van der Waals surface area contributed by atoms with Crippen LogP contribution in [0.25, 0.3) is 0 Å². The maximum Gasteiger partial charge on any atom is 0.286 e. The highest BCUT2D eigenvalue weighted by molar-refractivity contribution is 5.91. The molecule has 1 fully saturated rings. The molecule has 0 aromatic carbocycles. The third-order valence-electron chi connectivity index (χ3n) is 5.35. The first-order valence-corrected chi connectivity index (χ1v) is 7.47. The van der Waals surface area contributed by atoms with E-state index in [0.29, 0.717) is 24.3 Å². The highest BCUT2D eigenvalue weighted by Crippen LogP contribution is 2.42. The van der Waals surface area contributed by atoms with E-state index in [1.807, 2.05) is 0 Å². The lowest BCUT2D eigenvalue weighted by atomic mass is 9.66. The molecule has 2 rings (SSSR count). The molecule has 4 heteroatoms. The lowest BCUT2D eigenvalue weighted by Crippen LogP contribution is -2.52. The molecule has 20 heavy (non-hydrogen) atoms. The Hall–Kier alpha value is -1.29. The second-order valence-electron chi connectivity index (χ2n) is 6.34. The molecular formula is C16H26N2O2. The van der Waals surface area contributed by atoms with Crippen LogP contribution in [0.1, 0.15) is 44.2 Å². The normalized spacial score (nSPS) is 31.2. The molecule has 3 unspecified atom stereocenters. The number of furan rings is 1. The summed E-state index contributed by atoms with van der Waals surface area (Å²) in [7, 11) is 2.19. The minimum absolute atomic E-state index is 0.122. The van der Waals surface area contributed by atoms with Crippen molar-refractivity contribution in [1.29, 1.82) is 0 Å². The summed E-state index contributed by atoms with van der Waals surface area (Å²) in [4.78, 5) is 14.3. The van der Waals surface area contributed by atoms with Crippen molar-refractivity contribution in [2.45, 2.75) is 39.7 Å². The number of rotatable bonds is 4. The van der Waals surface area contributed by atoms with Crippen LogP contribution in [0, 0.1) is 11.3 Å². The standard InChI is InChI=1S/C16H26N2O2/c1-12-7-10-18(4)13(2)16(12,3)8-9-17-15(19)14-6-5-11-20-14/h5-6,11-13H,7-10H2,1-4H3,(H,17,19). The van der Waals surface area contributed by atoms with E-state index >= 15 is 0 Å². The van der Waals surface area contributed by atoms with Gasteiger partial charge in [0, 0.05) is 12.6 Å². The molecule has 0 radical (unpaired) electrons. The fourth-order valence-corrected chi connectivity index (χ4v) is 3.23. The number of amides is 1. The van der Waals surface area contributed by atoms with Crippen molar-refractivity contribution in [3.8, 4) is 0 Å². The molecule has 112 valence electrons. The molecule has 0 aliphatic carbocycles. The summed E-state index contributed by atoms with van der Waals surface area (Å²) in [5.41, 5.74) is 0.240. The van der Waals surface area contributed by atoms with Crippen LogP contribution in [0.15, 0.2) is 22.8 Å². The first-order chi connectivity index (χ1) is 9.45. The van der Waals surface area contributed by atoms with Gasteiger partial charge in [-0.05, 0) is 56.8 Å². The van der Waals surface area contributed by atoms with Crippen molar-refractivity contribution in [2.75, 3.05) is 20.1 Å². The number of carbonyl (C=O) groups excluding carboxylic acids is 1. The zero-order chi connectivity index (χ0) is 14.8. The number of piperidine rings is 1. The SMILES string of the molecule is CC1CCN(C)C(C)C1(C)CCNC(=O)c1ccco1. The van der Waals surface area contributed by atoms with Crippen LogP contribution in [-0.4, -0.2) is 37.0 Å². The molecule has 1 N–H and O–H groups in total. The number of nitrogens with one attached hydrogen (secondary N) is 1. The Bertz CT molecular complexity index is 443. The topological polar surface area (TPSA) is 45.5 Å². The van der Waals surface area contributed by atoms with Gasteiger partial charge >= 0.3 is 0 Å². The molecule has 0 saturated carbocycles. The zero-order valence-electron chi connectivity index (χ0n) is 13.0. The van der Waals surface area contributed by atoms with Gasteiger partial charge in [-0.15, -0.1) is 0 Å². The maximum absolute atomic E-state index is 11.9. The Morgan fingerprint density at radius 2 is 2.30 bits per heavy atom. The Labute approximate surface area is 121 Å². The molecule has 2 heterocycles. The number of carbonyl (C=O) groups is 1. The predicted octanol–water partition coefficient (Wildman–Crippen LogP) is 2.77. The molecule has 0 bridgehead atoms. The van der Waals surface area contributed by atoms with E-state index in [-0.39, 0.29) is 11.3 Å². The van der Waals surface area contributed by atoms with Crippen molar-refractivity contribution in [3.63, 3.8) is 0 Å².